The van der Waals surface area contributed by atoms with E-state index >= 15 is 0 Å². The lowest BCUT2D eigenvalue weighted by Gasteiger charge is -2.11. The number of benzene rings is 15. The van der Waals surface area contributed by atoms with E-state index in [1.54, 1.807) is 0 Å². The Morgan fingerprint density at radius 3 is 1.04 bits per heavy atom. The van der Waals surface area contributed by atoms with Crippen molar-refractivity contribution in [1.82, 2.24) is 39.0 Å². The van der Waals surface area contributed by atoms with Crippen molar-refractivity contribution < 1.29 is 4.42 Å². The first-order chi connectivity index (χ1) is 55.2. The molecule has 0 bridgehead atoms. The first-order valence-corrected chi connectivity index (χ1v) is 39.1. The zero-order chi connectivity index (χ0) is 75.3. The van der Waals surface area contributed by atoms with Gasteiger partial charge in [-0.05, 0) is 173 Å². The molecule has 5 aromatic heterocycles. The summed E-state index contributed by atoms with van der Waals surface area (Å²) in [4.78, 5) is 29.7. The molecule has 0 unspecified atom stereocenters. The Bertz CT molecular complexity index is 6950. The van der Waals surface area contributed by atoms with E-state index in [1.807, 2.05) is 176 Å². The van der Waals surface area contributed by atoms with E-state index in [0.29, 0.717) is 34.9 Å². The quantitative estimate of drug-likeness (QED) is 0.105. The molecule has 0 aliphatic carbocycles. The van der Waals surface area contributed by atoms with Crippen molar-refractivity contribution >= 4 is 120 Å². The molecule has 0 saturated heterocycles. The average molecular weight is 1680 g/mol. The molecule has 15 aromatic carbocycles. The van der Waals surface area contributed by atoms with Crippen LogP contribution in [-0.4, -0.2) is 39.0 Å². The lowest BCUT2D eigenvalue weighted by atomic mass is 10.0. The van der Waals surface area contributed by atoms with Gasteiger partial charge in [-0.3, -0.25) is 0 Å². The maximum Gasteiger partial charge on any atom is 0.164 e. The second kappa shape index (κ2) is 31.6. The molecule has 0 N–H and O–H groups in total. The molecule has 12 heteroatoms. The summed E-state index contributed by atoms with van der Waals surface area (Å²) in [6, 6.07) is 126. The molecule has 0 saturated carbocycles. The van der Waals surface area contributed by atoms with Crippen molar-refractivity contribution in [1.29, 1.82) is 0 Å². The minimum atomic E-state index is 0.618. The van der Waals surface area contributed by atoms with Gasteiger partial charge in [0.1, 0.15) is 11.2 Å². The number of para-hydroxylation sites is 3. The molecular formula is C100H61Br2IN8O. The largest absolute Gasteiger partial charge is 0.456 e. The first-order valence-electron chi connectivity index (χ1n) is 36.4. The molecule has 5 heterocycles. The fraction of sp³-hybridized carbons (Fsp3) is 0. The van der Waals surface area contributed by atoms with Crippen LogP contribution in [-0.2, 0) is 0 Å². The second-order valence-electron chi connectivity index (χ2n) is 26.7. The van der Waals surface area contributed by atoms with Crippen molar-refractivity contribution in [2.24, 2.45) is 0 Å². The van der Waals surface area contributed by atoms with Crippen LogP contribution in [0.2, 0.25) is 0 Å². The monoisotopic (exact) mass is 1670 g/mol. The van der Waals surface area contributed by atoms with Crippen LogP contribution in [0.3, 0.4) is 0 Å². The van der Waals surface area contributed by atoms with Crippen molar-refractivity contribution in [3.05, 3.63) is 405 Å². The molecule has 20 rings (SSSR count). The standard InChI is InChI=1S/C53H32N4O.C41H25BrN4.C6H4BrI/c1-3-14-37(15-4-1)51-54-52(38-16-5-2-6-17-38)56-53(55-51)41-19-12-20-42(33-41)57-47-23-9-7-21-43(47)46-32-36(27-30-48(46)57)26-25-35-13-11-18-39(31-35)40-28-29-45-44-22-8-10-24-49(44)58-50(45)34-40;42-33-17-9-11-28(25-33)21-22-29-23-24-38-36(26-29)35-19-7-8-20-37(35)46(38)34-18-10-16-32(27-34)41-44-39(30-12-3-1-4-13-30)43-40(45-41)31-14-5-2-6-15-31;7-5-2-1-3-6(8)4-5/h1-24,27-34H;1-20,23-27H;1-4H. The molecular weight excluding hydrogens is 1620 g/mol. The summed E-state index contributed by atoms with van der Waals surface area (Å²) in [7, 11) is 0. The Morgan fingerprint density at radius 1 is 0.232 bits per heavy atom. The van der Waals surface area contributed by atoms with Crippen LogP contribution < -0.4 is 0 Å². The van der Waals surface area contributed by atoms with Crippen molar-refractivity contribution in [3.63, 3.8) is 0 Å². The Morgan fingerprint density at radius 2 is 0.580 bits per heavy atom. The second-order valence-corrected chi connectivity index (χ2v) is 29.8. The fourth-order valence-corrected chi connectivity index (χ4v) is 15.9. The molecule has 0 aliphatic heterocycles. The number of hydrogen-bond acceptors (Lipinski definition) is 7. The number of fused-ring (bicyclic) bond motifs is 9. The number of aromatic nitrogens is 8. The fourth-order valence-electron chi connectivity index (χ4n) is 14.1. The number of halogens is 3. The lowest BCUT2D eigenvalue weighted by Crippen LogP contribution is -2.01. The van der Waals surface area contributed by atoms with Gasteiger partial charge in [-0.1, -0.05) is 286 Å². The highest BCUT2D eigenvalue weighted by Gasteiger charge is 2.20. The highest BCUT2D eigenvalue weighted by Crippen LogP contribution is 2.38. The van der Waals surface area contributed by atoms with Gasteiger partial charge in [0.2, 0.25) is 0 Å². The van der Waals surface area contributed by atoms with Gasteiger partial charge in [-0.2, -0.15) is 0 Å². The van der Waals surface area contributed by atoms with Crippen LogP contribution in [0.4, 0.5) is 0 Å². The smallest absolute Gasteiger partial charge is 0.164 e. The van der Waals surface area contributed by atoms with E-state index in [-0.39, 0.29) is 0 Å². The summed E-state index contributed by atoms with van der Waals surface area (Å²) in [5, 5.41) is 6.88. The Labute approximate surface area is 677 Å². The Balaban J connectivity index is 0.000000145. The third kappa shape index (κ3) is 15.0. The van der Waals surface area contributed by atoms with Gasteiger partial charge in [-0.25, -0.2) is 29.9 Å². The topological polar surface area (TPSA) is 100 Å². The van der Waals surface area contributed by atoms with Crippen LogP contribution in [0.1, 0.15) is 22.3 Å². The van der Waals surface area contributed by atoms with Gasteiger partial charge in [0.25, 0.3) is 0 Å². The minimum Gasteiger partial charge on any atom is -0.456 e. The Kier molecular flexibility index (Phi) is 19.8. The van der Waals surface area contributed by atoms with Crippen LogP contribution in [0, 0.1) is 27.3 Å². The summed E-state index contributed by atoms with van der Waals surface area (Å²) in [5.74, 6) is 17.4. The summed E-state index contributed by atoms with van der Waals surface area (Å²) >= 11 is 9.17. The minimum absolute atomic E-state index is 0.618. The normalized spacial score (nSPS) is 11.0. The molecule has 0 atom stereocenters. The van der Waals surface area contributed by atoms with E-state index in [1.165, 1.54) is 8.96 Å². The van der Waals surface area contributed by atoms with Crippen LogP contribution >= 0.6 is 54.5 Å². The zero-order valence-corrected chi connectivity index (χ0v) is 65.2. The molecule has 528 valence electrons. The Hall–Kier alpha value is -13.5. The molecule has 20 aromatic rings. The van der Waals surface area contributed by atoms with E-state index in [0.717, 1.165) is 147 Å². The van der Waals surface area contributed by atoms with Gasteiger partial charge in [0, 0.05) is 112 Å². The molecule has 0 aliphatic rings. The molecule has 0 spiro atoms. The molecule has 0 amide bonds. The summed E-state index contributed by atoms with van der Waals surface area (Å²) in [6.45, 7) is 0. The van der Waals surface area contributed by atoms with Crippen LogP contribution in [0.5, 0.6) is 0 Å². The summed E-state index contributed by atoms with van der Waals surface area (Å²) < 4.78 is 14.2. The van der Waals surface area contributed by atoms with Gasteiger partial charge in [0.05, 0.1) is 22.1 Å². The molecule has 112 heavy (non-hydrogen) atoms. The van der Waals surface area contributed by atoms with E-state index in [4.69, 9.17) is 34.3 Å². The highest BCUT2D eigenvalue weighted by molar-refractivity contribution is 14.1. The maximum absolute atomic E-state index is 6.17. The van der Waals surface area contributed by atoms with E-state index in [9.17, 15) is 0 Å². The summed E-state index contributed by atoms with van der Waals surface area (Å²) in [5.41, 5.74) is 19.9. The zero-order valence-electron chi connectivity index (χ0n) is 59.8. The SMILES string of the molecule is Brc1cccc(C#Cc2ccc3c(c2)c2ccccc2n3-c2cccc(-c3nc(-c4ccccc4)nc(-c4ccccc4)n3)c2)c1.Brc1cccc(I)c1.C(#Cc1ccc2c(c1)c1ccccc1n2-c1cccc(-c2nc(-c3ccccc3)nc(-c3ccccc3)n2)c1)c1cccc(-c2ccc3c(c2)oc2ccccc23)c1. The van der Waals surface area contributed by atoms with Gasteiger partial charge >= 0.3 is 0 Å². The number of furan rings is 1. The van der Waals surface area contributed by atoms with Crippen LogP contribution in [0.15, 0.2) is 383 Å². The molecule has 0 fully saturated rings. The average Bonchev–Trinajstić information content (AvgIpc) is 1.62. The van der Waals surface area contributed by atoms with E-state index < -0.39 is 0 Å². The molecule has 9 nitrogen and oxygen atoms in total. The van der Waals surface area contributed by atoms with Gasteiger partial charge < -0.3 is 13.6 Å². The third-order valence-corrected chi connectivity index (χ3v) is 21.0. The van der Waals surface area contributed by atoms with Crippen LogP contribution in [0.25, 0.3) is 156 Å². The number of hydrogen-bond donors (Lipinski definition) is 0. The predicted molar refractivity (Wildman–Crippen MR) is 473 cm³/mol. The van der Waals surface area contributed by atoms with Crippen molar-refractivity contribution in [2.45, 2.75) is 0 Å². The summed E-state index contributed by atoms with van der Waals surface area (Å²) in [6.07, 6.45) is 0. The predicted octanol–water partition coefficient (Wildman–Crippen LogP) is 26.1. The first kappa shape index (κ1) is 70.2. The van der Waals surface area contributed by atoms with Crippen molar-refractivity contribution in [2.75, 3.05) is 0 Å². The highest BCUT2D eigenvalue weighted by atomic mass is 127. The van der Waals surface area contributed by atoms with E-state index in [2.05, 4.69) is 281 Å². The number of rotatable bonds is 9. The maximum atomic E-state index is 6.17. The van der Waals surface area contributed by atoms with Gasteiger partial charge in [-0.15, -0.1) is 0 Å². The number of nitrogens with zero attached hydrogens (tertiary/aromatic N) is 8. The molecule has 0 radical (unpaired) electrons. The third-order valence-electron chi connectivity index (χ3n) is 19.4. The van der Waals surface area contributed by atoms with Crippen molar-refractivity contribution in [3.8, 4) is 115 Å². The van der Waals surface area contributed by atoms with Gasteiger partial charge in [0.15, 0.2) is 34.9 Å². The lowest BCUT2D eigenvalue weighted by molar-refractivity contribution is 0.669.